The van der Waals surface area contributed by atoms with Crippen molar-refractivity contribution < 1.29 is 9.47 Å². The summed E-state index contributed by atoms with van der Waals surface area (Å²) in [5.41, 5.74) is 2.23. The number of anilines is 1. The first kappa shape index (κ1) is 16.1. The zero-order valence-corrected chi connectivity index (χ0v) is 13.0. The van der Waals surface area contributed by atoms with E-state index in [1.54, 1.807) is 14.2 Å². The van der Waals surface area contributed by atoms with E-state index < -0.39 is 0 Å². The Morgan fingerprint density at radius 3 is 2.55 bits per heavy atom. The highest BCUT2D eigenvalue weighted by molar-refractivity contribution is 5.93. The van der Waals surface area contributed by atoms with Gasteiger partial charge in [0, 0.05) is 37.4 Å². The summed E-state index contributed by atoms with van der Waals surface area (Å²) in [6.07, 6.45) is 3.02. The van der Waals surface area contributed by atoms with Crippen LogP contribution in [0.25, 0.3) is 0 Å². The monoisotopic (exact) mass is 276 g/mol. The van der Waals surface area contributed by atoms with Crippen LogP contribution in [-0.4, -0.2) is 26.6 Å². The van der Waals surface area contributed by atoms with Gasteiger partial charge in [0.15, 0.2) is 0 Å². The molecule has 1 aromatic rings. The molecule has 1 N–H and O–H groups in total. The third-order valence-corrected chi connectivity index (χ3v) is 3.03. The maximum atomic E-state index is 5.78. The fraction of sp³-hybridized carbons (Fsp3) is 0.438. The standard InChI is InChI=1S/C16H24N2O2/c1-6-12(2)7-8-20-16-10-14(18-13(3)17-4)9-15(11-16)19-5/h6,9-11H,7-8H2,1-5H3,(H,17,18). The smallest absolute Gasteiger partial charge is 0.125 e. The van der Waals surface area contributed by atoms with Crippen molar-refractivity contribution in [2.24, 2.45) is 4.99 Å². The van der Waals surface area contributed by atoms with E-state index in [4.69, 9.17) is 9.47 Å². The highest BCUT2D eigenvalue weighted by Gasteiger charge is 2.03. The van der Waals surface area contributed by atoms with Crippen molar-refractivity contribution >= 4 is 11.5 Å². The fourth-order valence-electron chi connectivity index (χ4n) is 1.58. The highest BCUT2D eigenvalue weighted by Crippen LogP contribution is 2.26. The molecule has 0 atom stereocenters. The van der Waals surface area contributed by atoms with Crippen LogP contribution in [0.15, 0.2) is 34.8 Å². The van der Waals surface area contributed by atoms with Gasteiger partial charge in [-0.2, -0.15) is 0 Å². The van der Waals surface area contributed by atoms with Crippen LogP contribution in [0.3, 0.4) is 0 Å². The number of aliphatic imine (C=N–C) groups is 1. The van der Waals surface area contributed by atoms with E-state index in [0.29, 0.717) is 6.61 Å². The second kappa shape index (κ2) is 8.25. The van der Waals surface area contributed by atoms with Gasteiger partial charge in [-0.25, -0.2) is 0 Å². The summed E-state index contributed by atoms with van der Waals surface area (Å²) in [6, 6.07) is 5.75. The van der Waals surface area contributed by atoms with Crippen molar-refractivity contribution in [3.8, 4) is 11.5 Å². The second-order valence-electron chi connectivity index (χ2n) is 4.56. The molecule has 4 heteroatoms. The Hall–Kier alpha value is -1.97. The van der Waals surface area contributed by atoms with Gasteiger partial charge in [-0.15, -0.1) is 0 Å². The van der Waals surface area contributed by atoms with E-state index in [9.17, 15) is 0 Å². The van der Waals surface area contributed by atoms with Gasteiger partial charge in [0.25, 0.3) is 0 Å². The number of rotatable bonds is 6. The minimum atomic E-state index is 0.656. The van der Waals surface area contributed by atoms with Crippen LogP contribution in [0.2, 0.25) is 0 Å². The third kappa shape index (κ3) is 5.34. The first-order valence-corrected chi connectivity index (χ1v) is 6.73. The predicted octanol–water partition coefficient (Wildman–Crippen LogP) is 3.89. The molecule has 0 unspecified atom stereocenters. The highest BCUT2D eigenvalue weighted by atomic mass is 16.5. The lowest BCUT2D eigenvalue weighted by Crippen LogP contribution is -2.07. The molecule has 0 aromatic heterocycles. The zero-order valence-electron chi connectivity index (χ0n) is 13.0. The summed E-state index contributed by atoms with van der Waals surface area (Å²) in [5.74, 6) is 2.39. The number of amidine groups is 1. The number of ether oxygens (including phenoxy) is 2. The summed E-state index contributed by atoms with van der Waals surface area (Å²) < 4.78 is 11.1. The number of nitrogens with zero attached hydrogens (tertiary/aromatic N) is 1. The number of allylic oxidation sites excluding steroid dienone is 1. The van der Waals surface area contributed by atoms with E-state index in [1.807, 2.05) is 32.0 Å². The van der Waals surface area contributed by atoms with Crippen molar-refractivity contribution in [2.45, 2.75) is 27.2 Å². The molecule has 0 bridgehead atoms. The van der Waals surface area contributed by atoms with Crippen LogP contribution < -0.4 is 14.8 Å². The average molecular weight is 276 g/mol. The largest absolute Gasteiger partial charge is 0.497 e. The quantitative estimate of drug-likeness (QED) is 0.487. The number of methoxy groups -OCH3 is 1. The summed E-state index contributed by atoms with van der Waals surface area (Å²) in [4.78, 5) is 4.08. The molecule has 0 radical (unpaired) electrons. The Morgan fingerprint density at radius 2 is 1.95 bits per heavy atom. The SMILES string of the molecule is CC=C(C)CCOc1cc(NC(C)=NC)cc(OC)c1. The van der Waals surface area contributed by atoms with Crippen LogP contribution >= 0.6 is 0 Å². The van der Waals surface area contributed by atoms with E-state index in [1.165, 1.54) is 5.57 Å². The number of hydrogen-bond acceptors (Lipinski definition) is 3. The molecule has 1 aromatic carbocycles. The lowest BCUT2D eigenvalue weighted by atomic mass is 10.2. The Kier molecular flexibility index (Phi) is 6.64. The Balaban J connectivity index is 2.77. The predicted molar refractivity (Wildman–Crippen MR) is 85.2 cm³/mol. The molecule has 20 heavy (non-hydrogen) atoms. The van der Waals surface area contributed by atoms with E-state index >= 15 is 0 Å². The Morgan fingerprint density at radius 1 is 1.25 bits per heavy atom. The molecule has 0 aliphatic carbocycles. The molecule has 0 amide bonds. The maximum absolute atomic E-state index is 5.78. The molecule has 0 saturated carbocycles. The molecular formula is C16H24N2O2. The van der Waals surface area contributed by atoms with Crippen molar-refractivity contribution in [3.63, 3.8) is 0 Å². The third-order valence-electron chi connectivity index (χ3n) is 3.03. The summed E-state index contributed by atoms with van der Waals surface area (Å²) in [6.45, 7) is 6.71. The van der Waals surface area contributed by atoms with Gasteiger partial charge < -0.3 is 14.8 Å². The van der Waals surface area contributed by atoms with Gasteiger partial charge in [-0.3, -0.25) is 4.99 Å². The molecule has 0 fully saturated rings. The molecule has 110 valence electrons. The van der Waals surface area contributed by atoms with Crippen LogP contribution in [0.4, 0.5) is 5.69 Å². The van der Waals surface area contributed by atoms with Crippen LogP contribution in [0, 0.1) is 0 Å². The van der Waals surface area contributed by atoms with Crippen LogP contribution in [0.5, 0.6) is 11.5 Å². The lowest BCUT2D eigenvalue weighted by molar-refractivity contribution is 0.319. The molecule has 0 spiro atoms. The van der Waals surface area contributed by atoms with Crippen molar-refractivity contribution in [3.05, 3.63) is 29.8 Å². The van der Waals surface area contributed by atoms with Gasteiger partial charge in [0.1, 0.15) is 11.5 Å². The van der Waals surface area contributed by atoms with Gasteiger partial charge in [-0.1, -0.05) is 11.6 Å². The molecule has 0 heterocycles. The normalized spacial score (nSPS) is 12.2. The first-order valence-electron chi connectivity index (χ1n) is 6.73. The zero-order chi connectivity index (χ0) is 15.0. The van der Waals surface area contributed by atoms with E-state index in [0.717, 1.165) is 29.4 Å². The maximum Gasteiger partial charge on any atom is 0.125 e. The first-order chi connectivity index (χ1) is 9.58. The summed E-state index contributed by atoms with van der Waals surface area (Å²) >= 11 is 0. The minimum absolute atomic E-state index is 0.656. The van der Waals surface area contributed by atoms with Crippen LogP contribution in [-0.2, 0) is 0 Å². The summed E-state index contributed by atoms with van der Waals surface area (Å²) in [5, 5.41) is 3.20. The molecule has 0 aliphatic rings. The number of nitrogens with one attached hydrogen (secondary N) is 1. The molecule has 4 nitrogen and oxygen atoms in total. The lowest BCUT2D eigenvalue weighted by Gasteiger charge is -2.12. The number of benzene rings is 1. The second-order valence-corrected chi connectivity index (χ2v) is 4.56. The van der Waals surface area contributed by atoms with Gasteiger partial charge in [0.05, 0.1) is 19.6 Å². The van der Waals surface area contributed by atoms with E-state index in [2.05, 4.69) is 23.3 Å². The van der Waals surface area contributed by atoms with Crippen molar-refractivity contribution in [2.75, 3.05) is 26.1 Å². The fourth-order valence-corrected chi connectivity index (χ4v) is 1.58. The molecule has 0 saturated heterocycles. The summed E-state index contributed by atoms with van der Waals surface area (Å²) in [7, 11) is 3.40. The van der Waals surface area contributed by atoms with Gasteiger partial charge in [-0.05, 0) is 20.8 Å². The van der Waals surface area contributed by atoms with Gasteiger partial charge in [0.2, 0.25) is 0 Å². The molecule has 0 aliphatic heterocycles. The van der Waals surface area contributed by atoms with E-state index in [-0.39, 0.29) is 0 Å². The topological polar surface area (TPSA) is 42.8 Å². The van der Waals surface area contributed by atoms with Gasteiger partial charge >= 0.3 is 0 Å². The van der Waals surface area contributed by atoms with Crippen LogP contribution in [0.1, 0.15) is 27.2 Å². The van der Waals surface area contributed by atoms with Crippen molar-refractivity contribution in [1.82, 2.24) is 0 Å². The minimum Gasteiger partial charge on any atom is -0.497 e. The number of hydrogen-bond donors (Lipinski definition) is 1. The molecular weight excluding hydrogens is 252 g/mol. The Labute approximate surface area is 121 Å². The molecule has 1 rings (SSSR count). The Bertz CT molecular complexity index is 493. The van der Waals surface area contributed by atoms with Crippen molar-refractivity contribution in [1.29, 1.82) is 0 Å². The average Bonchev–Trinajstić information content (AvgIpc) is 2.46.